The van der Waals surface area contributed by atoms with E-state index < -0.39 is 0 Å². The smallest absolute Gasteiger partial charge is 0.160 e. The maximum Gasteiger partial charge on any atom is 0.160 e. The summed E-state index contributed by atoms with van der Waals surface area (Å²) >= 11 is 0. The number of allylic oxidation sites excluding steroid dienone is 1. The topological polar surface area (TPSA) is 17.1 Å². The maximum atomic E-state index is 12.2. The lowest BCUT2D eigenvalue weighted by Crippen LogP contribution is -1.98. The summed E-state index contributed by atoms with van der Waals surface area (Å²) in [5.74, 6) is 0.119. The second-order valence-electron chi connectivity index (χ2n) is 7.24. The lowest BCUT2D eigenvalue weighted by Gasteiger charge is -2.06. The Morgan fingerprint density at radius 3 is 1.96 bits per heavy atom. The van der Waals surface area contributed by atoms with Crippen molar-refractivity contribution in [3.8, 4) is 11.1 Å². The molecular weight excluding hydrogens is 340 g/mol. The Labute approximate surface area is 168 Å². The summed E-state index contributed by atoms with van der Waals surface area (Å²) in [4.78, 5) is 12.2. The van der Waals surface area contributed by atoms with E-state index in [1.807, 2.05) is 36.4 Å². The SMILES string of the molecule is CCCCCc1ccc(-c2ccc(CC(=O)/C=C/c3ccccc3)cc2)cc1. The molecule has 1 heteroatoms. The largest absolute Gasteiger partial charge is 0.294 e. The fourth-order valence-electron chi connectivity index (χ4n) is 3.27. The first-order valence-corrected chi connectivity index (χ1v) is 10.2. The first-order valence-electron chi connectivity index (χ1n) is 10.2. The van der Waals surface area contributed by atoms with Crippen LogP contribution in [-0.2, 0) is 17.6 Å². The van der Waals surface area contributed by atoms with Crippen molar-refractivity contribution in [3.05, 3.63) is 102 Å². The first-order chi connectivity index (χ1) is 13.7. The second kappa shape index (κ2) is 10.4. The zero-order valence-corrected chi connectivity index (χ0v) is 16.6. The number of ketones is 1. The monoisotopic (exact) mass is 368 g/mol. The zero-order valence-electron chi connectivity index (χ0n) is 16.6. The van der Waals surface area contributed by atoms with E-state index in [2.05, 4.69) is 55.5 Å². The van der Waals surface area contributed by atoms with Gasteiger partial charge in [0.25, 0.3) is 0 Å². The first kappa shape index (κ1) is 19.8. The molecule has 0 amide bonds. The fourth-order valence-corrected chi connectivity index (χ4v) is 3.27. The van der Waals surface area contributed by atoms with Crippen LogP contribution < -0.4 is 0 Å². The van der Waals surface area contributed by atoms with Gasteiger partial charge in [-0.25, -0.2) is 0 Å². The average Bonchev–Trinajstić information content (AvgIpc) is 2.74. The van der Waals surface area contributed by atoms with Crippen LogP contribution in [0.15, 0.2) is 84.9 Å². The number of unbranched alkanes of at least 4 members (excludes halogenated alkanes) is 2. The molecule has 0 heterocycles. The highest BCUT2D eigenvalue weighted by Gasteiger charge is 2.03. The van der Waals surface area contributed by atoms with Crippen molar-refractivity contribution < 1.29 is 4.79 Å². The van der Waals surface area contributed by atoms with Crippen LogP contribution in [0.1, 0.15) is 42.9 Å². The molecule has 0 fully saturated rings. The van der Waals surface area contributed by atoms with E-state index in [-0.39, 0.29) is 5.78 Å². The highest BCUT2D eigenvalue weighted by atomic mass is 16.1. The van der Waals surface area contributed by atoms with Crippen LogP contribution in [0, 0.1) is 0 Å². The predicted octanol–water partition coefficient (Wildman–Crippen LogP) is 6.91. The molecule has 1 nitrogen and oxygen atoms in total. The van der Waals surface area contributed by atoms with Gasteiger partial charge in [0, 0.05) is 6.42 Å². The van der Waals surface area contributed by atoms with E-state index in [0.717, 1.165) is 17.5 Å². The minimum Gasteiger partial charge on any atom is -0.294 e. The van der Waals surface area contributed by atoms with Crippen molar-refractivity contribution in [1.82, 2.24) is 0 Å². The molecule has 0 radical (unpaired) electrons. The van der Waals surface area contributed by atoms with Gasteiger partial charge in [-0.3, -0.25) is 4.79 Å². The van der Waals surface area contributed by atoms with Gasteiger partial charge < -0.3 is 0 Å². The third kappa shape index (κ3) is 6.06. The Balaban J connectivity index is 1.57. The molecule has 142 valence electrons. The Hall–Kier alpha value is -2.93. The van der Waals surface area contributed by atoms with Gasteiger partial charge in [0.05, 0.1) is 0 Å². The molecule has 0 aliphatic carbocycles. The van der Waals surface area contributed by atoms with Crippen molar-refractivity contribution in [2.45, 2.75) is 39.0 Å². The molecule has 3 aromatic carbocycles. The fraction of sp³-hybridized carbons (Fsp3) is 0.222. The molecule has 0 saturated heterocycles. The van der Waals surface area contributed by atoms with E-state index in [1.165, 1.54) is 36.0 Å². The summed E-state index contributed by atoms with van der Waals surface area (Å²) in [5.41, 5.74) is 5.91. The third-order valence-corrected chi connectivity index (χ3v) is 4.95. The van der Waals surface area contributed by atoms with Gasteiger partial charge in [-0.05, 0) is 46.7 Å². The summed E-state index contributed by atoms with van der Waals surface area (Å²) < 4.78 is 0. The van der Waals surface area contributed by atoms with Crippen molar-refractivity contribution in [2.75, 3.05) is 0 Å². The number of rotatable bonds is 9. The van der Waals surface area contributed by atoms with Crippen molar-refractivity contribution >= 4 is 11.9 Å². The molecule has 0 saturated carbocycles. The summed E-state index contributed by atoms with van der Waals surface area (Å²) in [6.45, 7) is 2.24. The standard InChI is InChI=1S/C27H28O/c1-2-3-5-8-23-11-16-25(17-12-23)26-18-13-24(14-19-26)21-27(28)20-15-22-9-6-4-7-10-22/h4,6-7,9-20H,2-3,5,8,21H2,1H3/b20-15+. The highest BCUT2D eigenvalue weighted by molar-refractivity contribution is 5.95. The lowest BCUT2D eigenvalue weighted by atomic mass is 9.99. The molecule has 0 N–H and O–H groups in total. The number of benzene rings is 3. The summed E-state index contributed by atoms with van der Waals surface area (Å²) in [6.07, 6.45) is 8.94. The predicted molar refractivity (Wildman–Crippen MR) is 119 cm³/mol. The van der Waals surface area contributed by atoms with Crippen molar-refractivity contribution in [2.24, 2.45) is 0 Å². The lowest BCUT2D eigenvalue weighted by molar-refractivity contribution is -0.113. The molecule has 3 rings (SSSR count). The Morgan fingerprint density at radius 2 is 1.36 bits per heavy atom. The van der Waals surface area contributed by atoms with Gasteiger partial charge in [0.15, 0.2) is 5.78 Å². The average molecular weight is 369 g/mol. The van der Waals surface area contributed by atoms with E-state index in [4.69, 9.17) is 0 Å². The number of carbonyl (C=O) groups is 1. The Morgan fingerprint density at radius 1 is 0.750 bits per heavy atom. The summed E-state index contributed by atoms with van der Waals surface area (Å²) in [6, 6.07) is 27.1. The van der Waals surface area contributed by atoms with Crippen LogP contribution in [0.25, 0.3) is 17.2 Å². The highest BCUT2D eigenvalue weighted by Crippen LogP contribution is 2.21. The number of carbonyl (C=O) groups excluding carboxylic acids is 1. The minimum atomic E-state index is 0.119. The van der Waals surface area contributed by atoms with Gasteiger partial charge >= 0.3 is 0 Å². The molecule has 0 aromatic heterocycles. The molecule has 3 aromatic rings. The molecule has 0 spiro atoms. The van der Waals surface area contributed by atoms with Crippen LogP contribution >= 0.6 is 0 Å². The second-order valence-corrected chi connectivity index (χ2v) is 7.24. The quantitative estimate of drug-likeness (QED) is 0.296. The maximum absolute atomic E-state index is 12.2. The molecule has 0 atom stereocenters. The van der Waals surface area contributed by atoms with Crippen LogP contribution in [0.4, 0.5) is 0 Å². The zero-order chi connectivity index (χ0) is 19.6. The Kier molecular flexibility index (Phi) is 7.37. The number of hydrogen-bond donors (Lipinski definition) is 0. The molecule has 0 aliphatic rings. The van der Waals surface area contributed by atoms with Gasteiger partial charge in [-0.15, -0.1) is 0 Å². The van der Waals surface area contributed by atoms with Crippen molar-refractivity contribution in [1.29, 1.82) is 0 Å². The van der Waals surface area contributed by atoms with Crippen LogP contribution in [0.5, 0.6) is 0 Å². The van der Waals surface area contributed by atoms with Crippen molar-refractivity contribution in [3.63, 3.8) is 0 Å². The number of aryl methyl sites for hydroxylation is 1. The van der Waals surface area contributed by atoms with Crippen LogP contribution in [0.3, 0.4) is 0 Å². The van der Waals surface area contributed by atoms with E-state index >= 15 is 0 Å². The number of hydrogen-bond acceptors (Lipinski definition) is 1. The third-order valence-electron chi connectivity index (χ3n) is 4.95. The molecule has 0 unspecified atom stereocenters. The molecule has 28 heavy (non-hydrogen) atoms. The van der Waals surface area contributed by atoms with E-state index in [0.29, 0.717) is 6.42 Å². The van der Waals surface area contributed by atoms with Crippen LogP contribution in [-0.4, -0.2) is 5.78 Å². The minimum absolute atomic E-state index is 0.119. The van der Waals surface area contributed by atoms with Gasteiger partial charge in [0.2, 0.25) is 0 Å². The van der Waals surface area contributed by atoms with Gasteiger partial charge in [-0.2, -0.15) is 0 Å². The van der Waals surface area contributed by atoms with Gasteiger partial charge in [0.1, 0.15) is 0 Å². The normalized spacial score (nSPS) is 11.0. The van der Waals surface area contributed by atoms with Crippen LogP contribution in [0.2, 0.25) is 0 Å². The Bertz CT molecular complexity index is 887. The summed E-state index contributed by atoms with van der Waals surface area (Å²) in [5, 5.41) is 0. The molecule has 0 bridgehead atoms. The summed E-state index contributed by atoms with van der Waals surface area (Å²) in [7, 11) is 0. The van der Waals surface area contributed by atoms with E-state index in [1.54, 1.807) is 6.08 Å². The molecule has 0 aliphatic heterocycles. The van der Waals surface area contributed by atoms with Gasteiger partial charge in [-0.1, -0.05) is 105 Å². The molecular formula is C27H28O. The van der Waals surface area contributed by atoms with E-state index in [9.17, 15) is 4.79 Å².